The summed E-state index contributed by atoms with van der Waals surface area (Å²) in [4.78, 5) is 8.07. The number of nitrogens with zero attached hydrogens (tertiary/aromatic N) is 3. The second-order valence-corrected chi connectivity index (χ2v) is 3.36. The molecule has 0 aliphatic heterocycles. The van der Waals surface area contributed by atoms with Crippen molar-refractivity contribution in [1.29, 1.82) is 0 Å². The molecule has 0 unspecified atom stereocenters. The van der Waals surface area contributed by atoms with Crippen LogP contribution >= 0.6 is 15.9 Å². The number of anilines is 1. The molecule has 0 fully saturated rings. The van der Waals surface area contributed by atoms with Crippen molar-refractivity contribution in [1.82, 2.24) is 15.1 Å². The summed E-state index contributed by atoms with van der Waals surface area (Å²) in [6.07, 6.45) is 1.30. The Morgan fingerprint density at radius 1 is 1.43 bits per heavy atom. The molecular weight excluding hydrogens is 248 g/mol. The van der Waals surface area contributed by atoms with Crippen LogP contribution < -0.4 is 5.32 Å². The lowest BCUT2D eigenvalue weighted by atomic mass is 10.4. The second kappa shape index (κ2) is 4.19. The Bertz CT molecular complexity index is 403. The Balaban J connectivity index is 1.98. The number of hydrogen-bond donors (Lipinski definition) is 1. The highest BCUT2D eigenvalue weighted by molar-refractivity contribution is 9.10. The largest absolute Gasteiger partial charge is 0.363 e. The van der Waals surface area contributed by atoms with E-state index in [2.05, 4.69) is 40.9 Å². The highest BCUT2D eigenvalue weighted by Gasteiger charge is 1.98. The predicted molar refractivity (Wildman–Crippen MR) is 53.6 cm³/mol. The fraction of sp³-hybridized carbons (Fsp3) is 0.125. The van der Waals surface area contributed by atoms with E-state index in [1.54, 1.807) is 0 Å². The van der Waals surface area contributed by atoms with Gasteiger partial charge in [0.1, 0.15) is 10.4 Å². The first kappa shape index (κ1) is 9.14. The fourth-order valence-electron chi connectivity index (χ4n) is 0.947. The maximum Gasteiger partial charge on any atom is 0.213 e. The third kappa shape index (κ3) is 2.29. The first-order valence-electron chi connectivity index (χ1n) is 3.96. The van der Waals surface area contributed by atoms with E-state index in [4.69, 9.17) is 0 Å². The molecule has 14 heavy (non-hydrogen) atoms. The summed E-state index contributed by atoms with van der Waals surface area (Å²) in [6.45, 7) is 0.500. The molecule has 1 N–H and O–H groups in total. The van der Waals surface area contributed by atoms with Crippen LogP contribution in [-0.2, 0) is 6.54 Å². The fourth-order valence-corrected chi connectivity index (χ4v) is 1.29. The van der Waals surface area contributed by atoms with Crippen LogP contribution in [0.3, 0.4) is 0 Å². The monoisotopic (exact) mass is 254 g/mol. The van der Waals surface area contributed by atoms with Crippen molar-refractivity contribution in [3.63, 3.8) is 0 Å². The zero-order chi connectivity index (χ0) is 9.80. The Kier molecular flexibility index (Phi) is 2.73. The molecule has 5 nitrogen and oxygen atoms in total. The van der Waals surface area contributed by atoms with Gasteiger partial charge in [-0.1, -0.05) is 11.2 Å². The summed E-state index contributed by atoms with van der Waals surface area (Å²) in [5.74, 6) is 1.37. The minimum absolute atomic E-state index is 0.500. The number of rotatable bonds is 3. The standard InChI is InChI=1S/C8H7BrN4O/c9-6-2-1-3-7(12-6)10-4-8-11-5-14-13-8/h1-3,5H,4H2,(H,10,12). The van der Waals surface area contributed by atoms with Crippen LogP contribution in [0.25, 0.3) is 0 Å². The van der Waals surface area contributed by atoms with Crippen molar-refractivity contribution in [3.05, 3.63) is 35.0 Å². The Morgan fingerprint density at radius 3 is 3.07 bits per heavy atom. The summed E-state index contributed by atoms with van der Waals surface area (Å²) in [5, 5.41) is 6.73. The summed E-state index contributed by atoms with van der Waals surface area (Å²) >= 11 is 3.28. The van der Waals surface area contributed by atoms with Crippen molar-refractivity contribution >= 4 is 21.7 Å². The smallest absolute Gasteiger partial charge is 0.213 e. The molecule has 0 bridgehead atoms. The summed E-state index contributed by atoms with van der Waals surface area (Å²) < 4.78 is 5.38. The maximum absolute atomic E-state index is 4.60. The molecule has 0 atom stereocenters. The van der Waals surface area contributed by atoms with E-state index in [1.807, 2.05) is 18.2 Å². The van der Waals surface area contributed by atoms with Crippen LogP contribution in [0.2, 0.25) is 0 Å². The molecule has 72 valence electrons. The van der Waals surface area contributed by atoms with Crippen LogP contribution in [0.1, 0.15) is 5.82 Å². The van der Waals surface area contributed by atoms with E-state index in [0.29, 0.717) is 12.4 Å². The van der Waals surface area contributed by atoms with Gasteiger partial charge in [0.25, 0.3) is 0 Å². The normalized spacial score (nSPS) is 10.1. The first-order chi connectivity index (χ1) is 6.84. The van der Waals surface area contributed by atoms with Gasteiger partial charge in [0, 0.05) is 0 Å². The minimum Gasteiger partial charge on any atom is -0.363 e. The number of halogens is 1. The molecule has 6 heteroatoms. The van der Waals surface area contributed by atoms with E-state index in [0.717, 1.165) is 10.4 Å². The quantitative estimate of drug-likeness (QED) is 0.848. The van der Waals surface area contributed by atoms with E-state index in [-0.39, 0.29) is 0 Å². The number of aromatic nitrogens is 3. The van der Waals surface area contributed by atoms with Crippen molar-refractivity contribution < 1.29 is 4.52 Å². The maximum atomic E-state index is 4.60. The van der Waals surface area contributed by atoms with Gasteiger partial charge in [0.05, 0.1) is 6.54 Å². The van der Waals surface area contributed by atoms with Gasteiger partial charge in [-0.05, 0) is 28.1 Å². The molecule has 2 aromatic rings. The number of pyridine rings is 1. The van der Waals surface area contributed by atoms with Crippen molar-refractivity contribution in [3.8, 4) is 0 Å². The third-order valence-electron chi connectivity index (χ3n) is 1.55. The van der Waals surface area contributed by atoms with Crippen LogP contribution in [0.4, 0.5) is 5.82 Å². The molecule has 0 saturated carbocycles. The van der Waals surface area contributed by atoms with E-state index in [1.165, 1.54) is 6.39 Å². The Hall–Kier alpha value is -1.43. The number of hydrogen-bond acceptors (Lipinski definition) is 5. The van der Waals surface area contributed by atoms with Gasteiger partial charge in [-0.25, -0.2) is 4.98 Å². The summed E-state index contributed by atoms with van der Waals surface area (Å²) in [6, 6.07) is 5.63. The SMILES string of the molecule is Brc1cccc(NCc2ncon2)n1. The highest BCUT2D eigenvalue weighted by atomic mass is 79.9. The highest BCUT2D eigenvalue weighted by Crippen LogP contribution is 2.10. The molecule has 0 aliphatic carbocycles. The third-order valence-corrected chi connectivity index (χ3v) is 1.99. The van der Waals surface area contributed by atoms with Gasteiger partial charge in [-0.3, -0.25) is 0 Å². The van der Waals surface area contributed by atoms with Crippen molar-refractivity contribution in [2.45, 2.75) is 6.54 Å². The molecule has 2 rings (SSSR count). The lowest BCUT2D eigenvalue weighted by molar-refractivity contribution is 0.411. The molecule has 0 saturated heterocycles. The van der Waals surface area contributed by atoms with E-state index >= 15 is 0 Å². The molecule has 0 amide bonds. The van der Waals surface area contributed by atoms with Gasteiger partial charge >= 0.3 is 0 Å². The van der Waals surface area contributed by atoms with Gasteiger partial charge in [0.15, 0.2) is 5.82 Å². The minimum atomic E-state index is 0.500. The molecule has 2 heterocycles. The summed E-state index contributed by atoms with van der Waals surface area (Å²) in [5.41, 5.74) is 0. The zero-order valence-electron chi connectivity index (χ0n) is 7.14. The van der Waals surface area contributed by atoms with Crippen LogP contribution in [-0.4, -0.2) is 15.1 Å². The van der Waals surface area contributed by atoms with Gasteiger partial charge < -0.3 is 9.84 Å². The number of nitrogens with one attached hydrogen (secondary N) is 1. The predicted octanol–water partition coefficient (Wildman–Crippen LogP) is 1.84. The van der Waals surface area contributed by atoms with Gasteiger partial charge in [0.2, 0.25) is 6.39 Å². The topological polar surface area (TPSA) is 63.8 Å². The van der Waals surface area contributed by atoms with Crippen molar-refractivity contribution in [2.75, 3.05) is 5.32 Å². The average molecular weight is 255 g/mol. The van der Waals surface area contributed by atoms with Crippen LogP contribution in [0.5, 0.6) is 0 Å². The molecule has 0 spiro atoms. The van der Waals surface area contributed by atoms with E-state index < -0.39 is 0 Å². The van der Waals surface area contributed by atoms with Gasteiger partial charge in [-0.15, -0.1) is 0 Å². The van der Waals surface area contributed by atoms with Gasteiger partial charge in [-0.2, -0.15) is 4.98 Å². The molecular formula is C8H7BrN4O. The zero-order valence-corrected chi connectivity index (χ0v) is 8.73. The molecule has 2 aromatic heterocycles. The molecule has 0 aliphatic rings. The summed E-state index contributed by atoms with van der Waals surface area (Å²) in [7, 11) is 0. The Morgan fingerprint density at radius 2 is 2.36 bits per heavy atom. The Labute approximate surface area is 88.7 Å². The van der Waals surface area contributed by atoms with Crippen LogP contribution in [0.15, 0.2) is 33.7 Å². The second-order valence-electron chi connectivity index (χ2n) is 2.55. The molecule has 0 aromatic carbocycles. The first-order valence-corrected chi connectivity index (χ1v) is 4.75. The average Bonchev–Trinajstić information content (AvgIpc) is 2.67. The van der Waals surface area contributed by atoms with Crippen LogP contribution in [0, 0.1) is 0 Å². The van der Waals surface area contributed by atoms with Crippen molar-refractivity contribution in [2.24, 2.45) is 0 Å². The molecule has 0 radical (unpaired) electrons. The lowest BCUT2D eigenvalue weighted by Gasteiger charge is -2.01. The van der Waals surface area contributed by atoms with E-state index in [9.17, 15) is 0 Å². The lowest BCUT2D eigenvalue weighted by Crippen LogP contribution is -2.02.